The van der Waals surface area contributed by atoms with E-state index in [9.17, 15) is 4.79 Å². The van der Waals surface area contributed by atoms with Crippen molar-refractivity contribution in [3.05, 3.63) is 0 Å². The fourth-order valence-corrected chi connectivity index (χ4v) is 0.426. The molecule has 0 aliphatic rings. The van der Waals surface area contributed by atoms with Crippen molar-refractivity contribution in [1.29, 1.82) is 0 Å². The number of carbonyl (C=O) groups is 1. The van der Waals surface area contributed by atoms with Crippen LogP contribution in [0.3, 0.4) is 0 Å². The van der Waals surface area contributed by atoms with Crippen LogP contribution < -0.4 is 0 Å². The lowest BCUT2D eigenvalue weighted by atomic mass is 10.9. The maximum absolute atomic E-state index is 9.94. The van der Waals surface area contributed by atoms with Crippen LogP contribution in [0.5, 0.6) is 0 Å². The summed E-state index contributed by atoms with van der Waals surface area (Å²) in [5.41, 5.74) is 0. The van der Waals surface area contributed by atoms with E-state index >= 15 is 0 Å². The molecule has 0 rings (SSSR count). The van der Waals surface area contributed by atoms with Crippen LogP contribution in [0, 0.1) is 0 Å². The summed E-state index contributed by atoms with van der Waals surface area (Å²) >= 11 is 0. The Morgan fingerprint density at radius 3 is 2.43 bits per heavy atom. The minimum absolute atomic E-state index is 0.256. The average molecular weight is 120 g/mol. The highest BCUT2D eigenvalue weighted by Gasteiger charge is 1.87. The highest BCUT2D eigenvalue weighted by Crippen LogP contribution is 1.69. The molecule has 0 unspecified atom stereocenters. The zero-order chi connectivity index (χ0) is 5.70. The second-order valence-electron chi connectivity index (χ2n) is 1.04. The second-order valence-corrected chi connectivity index (χ2v) is 2.14. The summed E-state index contributed by atoms with van der Waals surface area (Å²) in [7, 11) is 0.548. The van der Waals surface area contributed by atoms with Crippen LogP contribution in [0.15, 0.2) is 0 Å². The summed E-state index contributed by atoms with van der Waals surface area (Å²) in [5, 5.41) is 0. The molecule has 0 aliphatic carbocycles. The quantitative estimate of drug-likeness (QED) is 0.447. The summed E-state index contributed by atoms with van der Waals surface area (Å²) in [4.78, 5) is 9.94. The van der Waals surface area contributed by atoms with Gasteiger partial charge in [-0.3, -0.25) is 4.79 Å². The number of hydrogen-bond acceptors (Lipinski definition) is 3. The van der Waals surface area contributed by atoms with Crippen molar-refractivity contribution in [3.63, 3.8) is 0 Å². The van der Waals surface area contributed by atoms with E-state index in [-0.39, 0.29) is 5.97 Å². The minimum Gasteiger partial charge on any atom is -0.499 e. The monoisotopic (exact) mass is 120 g/mol. The maximum atomic E-state index is 9.94. The van der Waals surface area contributed by atoms with Gasteiger partial charge in [-0.05, 0) is 0 Å². The van der Waals surface area contributed by atoms with E-state index < -0.39 is 10.0 Å². The van der Waals surface area contributed by atoms with Crippen molar-refractivity contribution in [3.8, 4) is 0 Å². The number of rotatable bonds is 2. The molecule has 0 radical (unpaired) electrons. The van der Waals surface area contributed by atoms with Gasteiger partial charge in [0.15, 0.2) is 0 Å². The van der Waals surface area contributed by atoms with Gasteiger partial charge in [-0.2, -0.15) is 0 Å². The maximum Gasteiger partial charge on any atom is 0.368 e. The highest BCUT2D eigenvalue weighted by atomic mass is 28.3. The smallest absolute Gasteiger partial charge is 0.368 e. The van der Waals surface area contributed by atoms with E-state index in [1.54, 1.807) is 0 Å². The van der Waals surface area contributed by atoms with E-state index in [4.69, 9.17) is 0 Å². The van der Waals surface area contributed by atoms with E-state index in [0.29, 0.717) is 0 Å². The highest BCUT2D eigenvalue weighted by molar-refractivity contribution is 6.21. The molecular weight excluding hydrogens is 112 g/mol. The van der Waals surface area contributed by atoms with Crippen LogP contribution >= 0.6 is 0 Å². The molecule has 42 valence electrons. The Labute approximate surface area is 44.7 Å². The van der Waals surface area contributed by atoms with Crippen LogP contribution in [0.25, 0.3) is 0 Å². The zero-order valence-electron chi connectivity index (χ0n) is 4.43. The molecule has 7 heavy (non-hydrogen) atoms. The second kappa shape index (κ2) is 3.82. The molecule has 4 heteroatoms. The third-order valence-electron chi connectivity index (χ3n) is 0.380. The Hall–Kier alpha value is -0.353. The summed E-state index contributed by atoms with van der Waals surface area (Å²) in [6.07, 6.45) is 0. The molecule has 0 saturated carbocycles. The van der Waals surface area contributed by atoms with Gasteiger partial charge in [0.05, 0.1) is 0 Å². The number of hydrogen-bond donors (Lipinski definition) is 0. The molecule has 0 aromatic carbocycles. The molecule has 0 spiro atoms. The molecule has 0 fully saturated rings. The van der Waals surface area contributed by atoms with Gasteiger partial charge in [-0.15, -0.1) is 0 Å². The standard InChI is InChI=1S/C3H8O3Si/c1-3(4)6-7-5-2/h7H2,1-2H3. The van der Waals surface area contributed by atoms with Gasteiger partial charge in [0.25, 0.3) is 5.97 Å². The Morgan fingerprint density at radius 2 is 2.29 bits per heavy atom. The molecule has 0 saturated heterocycles. The van der Waals surface area contributed by atoms with Gasteiger partial charge in [0.1, 0.15) is 0 Å². The molecule has 3 nitrogen and oxygen atoms in total. The fourth-order valence-electron chi connectivity index (χ4n) is 0.142. The molecular formula is C3H8O3Si. The first-order valence-corrected chi connectivity index (χ1v) is 3.05. The third-order valence-corrected chi connectivity index (χ3v) is 1.14. The Kier molecular flexibility index (Phi) is 3.63. The first kappa shape index (κ1) is 6.65. The first-order chi connectivity index (χ1) is 3.27. The molecule has 0 aromatic rings. The molecule has 0 aliphatic heterocycles. The molecule has 0 heterocycles. The van der Waals surface area contributed by atoms with Crippen molar-refractivity contribution >= 4 is 16.0 Å². The van der Waals surface area contributed by atoms with E-state index in [1.807, 2.05) is 0 Å². The lowest BCUT2D eigenvalue weighted by Gasteiger charge is -1.94. The Morgan fingerprint density at radius 1 is 1.71 bits per heavy atom. The van der Waals surface area contributed by atoms with Crippen molar-refractivity contribution in [1.82, 2.24) is 0 Å². The Balaban J connectivity index is 2.82. The third kappa shape index (κ3) is 5.65. The van der Waals surface area contributed by atoms with Gasteiger partial charge in [0.2, 0.25) is 0 Å². The van der Waals surface area contributed by atoms with Crippen LogP contribution in [0.2, 0.25) is 0 Å². The fraction of sp³-hybridized carbons (Fsp3) is 0.667. The van der Waals surface area contributed by atoms with Gasteiger partial charge in [0, 0.05) is 14.0 Å². The largest absolute Gasteiger partial charge is 0.499 e. The molecule has 0 bridgehead atoms. The van der Waals surface area contributed by atoms with Crippen LogP contribution in [0.4, 0.5) is 0 Å². The predicted molar refractivity (Wildman–Crippen MR) is 27.3 cm³/mol. The van der Waals surface area contributed by atoms with Crippen LogP contribution in [-0.4, -0.2) is 23.1 Å². The van der Waals surface area contributed by atoms with Crippen molar-refractivity contribution < 1.29 is 13.6 Å². The molecule has 0 atom stereocenters. The molecule has 0 amide bonds. The van der Waals surface area contributed by atoms with Gasteiger partial charge in [-0.25, -0.2) is 0 Å². The predicted octanol–water partition coefficient (Wildman–Crippen LogP) is -0.805. The number of carbonyl (C=O) groups excluding carboxylic acids is 1. The average Bonchev–Trinajstić information content (AvgIpc) is 1.61. The topological polar surface area (TPSA) is 35.5 Å². The normalized spacial score (nSPS) is 10.0. The molecule has 0 N–H and O–H groups in total. The summed E-state index contributed by atoms with van der Waals surface area (Å²) in [5.74, 6) is -0.256. The lowest BCUT2D eigenvalue weighted by Crippen LogP contribution is -2.05. The van der Waals surface area contributed by atoms with Crippen molar-refractivity contribution in [2.45, 2.75) is 6.92 Å². The van der Waals surface area contributed by atoms with Gasteiger partial charge >= 0.3 is 10.0 Å². The minimum atomic E-state index is -0.975. The van der Waals surface area contributed by atoms with Crippen LogP contribution in [-0.2, 0) is 13.6 Å². The van der Waals surface area contributed by atoms with E-state index in [1.165, 1.54) is 14.0 Å². The summed E-state index contributed by atoms with van der Waals surface area (Å²) in [6, 6.07) is 0. The summed E-state index contributed by atoms with van der Waals surface area (Å²) < 4.78 is 9.02. The zero-order valence-corrected chi connectivity index (χ0v) is 5.85. The lowest BCUT2D eigenvalue weighted by molar-refractivity contribution is -0.132. The van der Waals surface area contributed by atoms with E-state index in [2.05, 4.69) is 8.85 Å². The van der Waals surface area contributed by atoms with Gasteiger partial charge < -0.3 is 8.85 Å². The first-order valence-electron chi connectivity index (χ1n) is 1.89. The van der Waals surface area contributed by atoms with Crippen molar-refractivity contribution in [2.24, 2.45) is 0 Å². The SMILES string of the molecule is CO[SiH2]OC(C)=O. The van der Waals surface area contributed by atoms with Crippen LogP contribution in [0.1, 0.15) is 6.92 Å². The van der Waals surface area contributed by atoms with E-state index in [0.717, 1.165) is 0 Å². The van der Waals surface area contributed by atoms with Crippen molar-refractivity contribution in [2.75, 3.05) is 7.11 Å². The summed E-state index contributed by atoms with van der Waals surface area (Å²) in [6.45, 7) is 1.37. The Bertz CT molecular complexity index is 63.2. The van der Waals surface area contributed by atoms with Gasteiger partial charge in [-0.1, -0.05) is 0 Å². The molecule has 0 aromatic heterocycles.